The first-order valence-corrected chi connectivity index (χ1v) is 10.7. The van der Waals surface area contributed by atoms with Crippen molar-refractivity contribution in [3.63, 3.8) is 0 Å². The molecule has 0 bridgehead atoms. The Labute approximate surface area is 180 Å². The van der Waals surface area contributed by atoms with Crippen LogP contribution in [0.15, 0.2) is 42.7 Å². The minimum absolute atomic E-state index is 0.0239. The number of aromatic nitrogens is 2. The van der Waals surface area contributed by atoms with E-state index < -0.39 is 0 Å². The van der Waals surface area contributed by atoms with Crippen LogP contribution in [-0.4, -0.2) is 70.3 Å². The van der Waals surface area contributed by atoms with Gasteiger partial charge in [0.25, 0.3) is 5.91 Å². The first-order chi connectivity index (χ1) is 14.5. The number of benzene rings is 1. The van der Waals surface area contributed by atoms with Crippen molar-refractivity contribution in [1.29, 1.82) is 0 Å². The normalized spacial score (nSPS) is 25.1. The summed E-state index contributed by atoms with van der Waals surface area (Å²) in [6.07, 6.45) is 5.06. The smallest absolute Gasteiger partial charge is 0.253 e. The highest BCUT2D eigenvalue weighted by Crippen LogP contribution is 2.49. The third kappa shape index (κ3) is 2.95. The number of hydrogen-bond acceptors (Lipinski definition) is 5. The Hall–Kier alpha value is -2.67. The van der Waals surface area contributed by atoms with Crippen LogP contribution in [0.1, 0.15) is 23.2 Å². The zero-order chi connectivity index (χ0) is 20.9. The number of piperidine rings is 1. The van der Waals surface area contributed by atoms with Gasteiger partial charge in [-0.25, -0.2) is 9.97 Å². The zero-order valence-electron chi connectivity index (χ0n) is 16.9. The van der Waals surface area contributed by atoms with E-state index in [4.69, 9.17) is 11.6 Å². The van der Waals surface area contributed by atoms with Crippen LogP contribution in [0, 0.1) is 11.8 Å². The Morgan fingerprint density at radius 2 is 1.77 bits per heavy atom. The molecule has 0 unspecified atom stereocenters. The molecule has 3 aliphatic heterocycles. The Kier molecular flexibility index (Phi) is 4.65. The minimum Gasteiger partial charge on any atom is -0.340 e. The van der Waals surface area contributed by atoms with Crippen molar-refractivity contribution in [1.82, 2.24) is 19.8 Å². The second-order valence-electron chi connectivity index (χ2n) is 8.47. The van der Waals surface area contributed by atoms with Crippen LogP contribution in [0.25, 0.3) is 0 Å². The van der Waals surface area contributed by atoms with Gasteiger partial charge in [-0.2, -0.15) is 0 Å². The van der Waals surface area contributed by atoms with Crippen molar-refractivity contribution in [2.24, 2.45) is 11.8 Å². The van der Waals surface area contributed by atoms with Gasteiger partial charge in [0, 0.05) is 62.1 Å². The molecule has 2 amide bonds. The molecule has 156 valence electrons. The molecule has 2 atom stereocenters. The molecule has 0 radical (unpaired) electrons. The van der Waals surface area contributed by atoms with Crippen LogP contribution in [0.4, 0.5) is 5.95 Å². The van der Waals surface area contributed by atoms with E-state index in [9.17, 15) is 9.59 Å². The first-order valence-electron chi connectivity index (χ1n) is 10.3. The molecule has 3 fully saturated rings. The van der Waals surface area contributed by atoms with Gasteiger partial charge in [-0.05, 0) is 43.2 Å². The molecule has 0 saturated carbocycles. The quantitative estimate of drug-likeness (QED) is 0.738. The standard InChI is InChI=1S/C22H24ClN5O2/c1-26-20(30)17-13-28(21-24-9-2-10-25-21)14-18(17)22(26)7-11-27(12-8-22)19(29)15-3-5-16(23)6-4-15/h2-6,9-10,17-18H,7-8,11-14H2,1H3/t17-,18+/m0/s1. The van der Waals surface area contributed by atoms with Gasteiger partial charge >= 0.3 is 0 Å². The molecular weight excluding hydrogens is 402 g/mol. The van der Waals surface area contributed by atoms with Gasteiger partial charge < -0.3 is 14.7 Å². The fourth-order valence-electron chi connectivity index (χ4n) is 5.51. The van der Waals surface area contributed by atoms with Gasteiger partial charge in [-0.15, -0.1) is 0 Å². The molecule has 1 aromatic carbocycles. The lowest BCUT2D eigenvalue weighted by atomic mass is 9.75. The summed E-state index contributed by atoms with van der Waals surface area (Å²) in [6, 6.07) is 8.82. The Balaban J connectivity index is 1.33. The van der Waals surface area contributed by atoms with E-state index >= 15 is 0 Å². The third-order valence-corrected chi connectivity index (χ3v) is 7.42. The van der Waals surface area contributed by atoms with E-state index in [1.54, 1.807) is 42.7 Å². The van der Waals surface area contributed by atoms with Gasteiger partial charge in [-0.3, -0.25) is 9.59 Å². The Morgan fingerprint density at radius 3 is 2.43 bits per heavy atom. The summed E-state index contributed by atoms with van der Waals surface area (Å²) < 4.78 is 0. The number of halogens is 1. The predicted octanol–water partition coefficient (Wildman–Crippen LogP) is 2.33. The van der Waals surface area contributed by atoms with Gasteiger partial charge in [0.15, 0.2) is 0 Å². The van der Waals surface area contributed by atoms with E-state index in [0.717, 1.165) is 19.4 Å². The summed E-state index contributed by atoms with van der Waals surface area (Å²) in [5, 5.41) is 0.620. The number of carbonyl (C=O) groups is 2. The molecule has 3 aliphatic rings. The fourth-order valence-corrected chi connectivity index (χ4v) is 5.64. The summed E-state index contributed by atoms with van der Waals surface area (Å²) in [6.45, 7) is 2.72. The SMILES string of the molecule is CN1C(=O)[C@H]2CN(c3ncccn3)C[C@H]2C12CCN(C(=O)c1ccc(Cl)cc1)CC2. The van der Waals surface area contributed by atoms with Gasteiger partial charge in [0.1, 0.15) is 0 Å². The second kappa shape index (κ2) is 7.23. The molecule has 4 heterocycles. The molecule has 0 N–H and O–H groups in total. The number of amides is 2. The molecular formula is C22H24ClN5O2. The van der Waals surface area contributed by atoms with Crippen molar-refractivity contribution in [2.75, 3.05) is 38.1 Å². The van der Waals surface area contributed by atoms with Gasteiger partial charge in [0.2, 0.25) is 11.9 Å². The lowest BCUT2D eigenvalue weighted by Crippen LogP contribution is -2.56. The number of nitrogens with zero attached hydrogens (tertiary/aromatic N) is 5. The van der Waals surface area contributed by atoms with E-state index in [0.29, 0.717) is 36.2 Å². The van der Waals surface area contributed by atoms with Crippen molar-refractivity contribution < 1.29 is 9.59 Å². The lowest BCUT2D eigenvalue weighted by molar-refractivity contribution is -0.133. The van der Waals surface area contributed by atoms with E-state index in [1.165, 1.54) is 0 Å². The number of hydrogen-bond donors (Lipinski definition) is 0. The van der Waals surface area contributed by atoms with Gasteiger partial charge in [-0.1, -0.05) is 11.6 Å². The van der Waals surface area contributed by atoms with Crippen LogP contribution in [0.3, 0.4) is 0 Å². The summed E-state index contributed by atoms with van der Waals surface area (Å²) in [4.78, 5) is 40.7. The molecule has 1 aromatic heterocycles. The molecule has 8 heteroatoms. The highest BCUT2D eigenvalue weighted by atomic mass is 35.5. The predicted molar refractivity (Wildman–Crippen MR) is 113 cm³/mol. The zero-order valence-corrected chi connectivity index (χ0v) is 17.6. The summed E-state index contributed by atoms with van der Waals surface area (Å²) in [5.74, 6) is 1.11. The van der Waals surface area contributed by atoms with E-state index in [2.05, 4.69) is 14.9 Å². The Bertz CT molecular complexity index is 959. The average molecular weight is 426 g/mol. The minimum atomic E-state index is -0.206. The van der Waals surface area contributed by atoms with Crippen molar-refractivity contribution in [3.05, 3.63) is 53.3 Å². The molecule has 3 saturated heterocycles. The monoisotopic (exact) mass is 425 g/mol. The van der Waals surface area contributed by atoms with Crippen LogP contribution >= 0.6 is 11.6 Å². The second-order valence-corrected chi connectivity index (χ2v) is 8.90. The number of fused-ring (bicyclic) bond motifs is 2. The van der Waals surface area contributed by atoms with Crippen molar-refractivity contribution in [2.45, 2.75) is 18.4 Å². The van der Waals surface area contributed by atoms with Crippen molar-refractivity contribution >= 4 is 29.4 Å². The molecule has 2 aromatic rings. The molecule has 7 nitrogen and oxygen atoms in total. The van der Waals surface area contributed by atoms with Crippen LogP contribution in [-0.2, 0) is 4.79 Å². The van der Waals surface area contributed by atoms with E-state index in [-0.39, 0.29) is 29.2 Å². The maximum Gasteiger partial charge on any atom is 0.253 e. The molecule has 1 spiro atoms. The number of rotatable bonds is 2. The van der Waals surface area contributed by atoms with Crippen LogP contribution in [0.2, 0.25) is 5.02 Å². The van der Waals surface area contributed by atoms with Crippen LogP contribution in [0.5, 0.6) is 0 Å². The average Bonchev–Trinajstić information content (AvgIpc) is 3.31. The summed E-state index contributed by atoms with van der Waals surface area (Å²) in [5.41, 5.74) is 0.444. The van der Waals surface area contributed by atoms with Gasteiger partial charge in [0.05, 0.1) is 11.5 Å². The van der Waals surface area contributed by atoms with Crippen molar-refractivity contribution in [3.8, 4) is 0 Å². The largest absolute Gasteiger partial charge is 0.340 e. The molecule has 5 rings (SSSR count). The maximum atomic E-state index is 13.1. The molecule has 30 heavy (non-hydrogen) atoms. The molecule has 0 aliphatic carbocycles. The highest BCUT2D eigenvalue weighted by molar-refractivity contribution is 6.30. The topological polar surface area (TPSA) is 69.6 Å². The third-order valence-electron chi connectivity index (χ3n) is 7.17. The first kappa shape index (κ1) is 19.3. The Morgan fingerprint density at radius 1 is 1.10 bits per heavy atom. The number of carbonyl (C=O) groups excluding carboxylic acids is 2. The fraction of sp³-hybridized carbons (Fsp3) is 0.455. The lowest BCUT2D eigenvalue weighted by Gasteiger charge is -2.46. The number of likely N-dealkylation sites (tertiary alicyclic amines) is 2. The number of anilines is 1. The maximum absolute atomic E-state index is 13.1. The van der Waals surface area contributed by atoms with E-state index in [1.807, 2.05) is 16.8 Å². The summed E-state index contributed by atoms with van der Waals surface area (Å²) >= 11 is 5.95. The summed E-state index contributed by atoms with van der Waals surface area (Å²) in [7, 11) is 1.93. The van der Waals surface area contributed by atoms with Crippen LogP contribution < -0.4 is 4.90 Å². The highest BCUT2D eigenvalue weighted by Gasteiger charge is 2.60.